The molecule has 0 amide bonds. The Morgan fingerprint density at radius 1 is 1.58 bits per heavy atom. The molecule has 0 atom stereocenters. The predicted octanol–water partition coefficient (Wildman–Crippen LogP) is 3.13. The zero-order valence-corrected chi connectivity index (χ0v) is 11.9. The molecule has 2 rings (SSSR count). The van der Waals surface area contributed by atoms with Crippen LogP contribution in [0.25, 0.3) is 0 Å². The third-order valence-electron chi connectivity index (χ3n) is 2.79. The molecule has 7 heteroatoms. The van der Waals surface area contributed by atoms with Crippen LogP contribution in [0.4, 0.5) is 11.5 Å². The van der Waals surface area contributed by atoms with Gasteiger partial charge in [0.25, 0.3) is 0 Å². The van der Waals surface area contributed by atoms with E-state index in [0.717, 1.165) is 4.88 Å². The van der Waals surface area contributed by atoms with E-state index < -0.39 is 0 Å². The van der Waals surface area contributed by atoms with Gasteiger partial charge in [-0.1, -0.05) is 19.9 Å². The molecular weight excluding hydrogens is 264 g/mol. The van der Waals surface area contributed by atoms with E-state index in [1.54, 1.807) is 23.1 Å². The number of nitrogens with zero attached hydrogens (tertiary/aromatic N) is 3. The fraction of sp³-hybridized carbons (Fsp3) is 0.417. The van der Waals surface area contributed by atoms with Gasteiger partial charge in [0.1, 0.15) is 5.69 Å². The van der Waals surface area contributed by atoms with E-state index in [1.165, 1.54) is 0 Å². The molecule has 0 fully saturated rings. The second kappa shape index (κ2) is 5.40. The van der Waals surface area contributed by atoms with E-state index in [2.05, 4.69) is 10.4 Å². The van der Waals surface area contributed by atoms with Crippen LogP contribution in [0, 0.1) is 10.1 Å². The molecule has 2 aromatic heterocycles. The average molecular weight is 280 g/mol. The Bertz CT molecular complexity index is 575. The van der Waals surface area contributed by atoms with Crippen molar-refractivity contribution in [3.05, 3.63) is 38.2 Å². The molecule has 0 bridgehead atoms. The molecule has 0 aliphatic carbocycles. The molecule has 0 aromatic carbocycles. The number of hydrogen-bond acceptors (Lipinski definition) is 5. The van der Waals surface area contributed by atoms with Crippen LogP contribution in [0.5, 0.6) is 0 Å². The molecule has 1 N–H and O–H groups in total. The highest BCUT2D eigenvalue weighted by Crippen LogP contribution is 2.33. The van der Waals surface area contributed by atoms with E-state index in [9.17, 15) is 10.1 Å². The van der Waals surface area contributed by atoms with Gasteiger partial charge in [0, 0.05) is 17.8 Å². The molecule has 0 aliphatic rings. The summed E-state index contributed by atoms with van der Waals surface area (Å²) in [4.78, 5) is 12.0. The van der Waals surface area contributed by atoms with Crippen LogP contribution < -0.4 is 5.32 Å². The van der Waals surface area contributed by atoms with Gasteiger partial charge >= 0.3 is 5.69 Å². The van der Waals surface area contributed by atoms with Gasteiger partial charge in [-0.3, -0.25) is 10.1 Å². The Hall–Kier alpha value is -1.89. The van der Waals surface area contributed by atoms with Crippen LogP contribution >= 0.6 is 11.3 Å². The summed E-state index contributed by atoms with van der Waals surface area (Å²) in [5.74, 6) is 0.478. The SMILES string of the molecule is CC(C)c1nn(C)c(NCc2cccs2)c1[N+](=O)[O-]. The van der Waals surface area contributed by atoms with E-state index in [4.69, 9.17) is 0 Å². The summed E-state index contributed by atoms with van der Waals surface area (Å²) in [5, 5.41) is 20.6. The number of nitrogens with one attached hydrogen (secondary N) is 1. The van der Waals surface area contributed by atoms with Crippen molar-refractivity contribution < 1.29 is 4.92 Å². The van der Waals surface area contributed by atoms with Crippen molar-refractivity contribution in [2.24, 2.45) is 7.05 Å². The Balaban J connectivity index is 2.30. The summed E-state index contributed by atoms with van der Waals surface area (Å²) in [5.41, 5.74) is 0.593. The fourth-order valence-corrected chi connectivity index (χ4v) is 2.53. The third kappa shape index (κ3) is 2.76. The second-order valence-corrected chi connectivity index (χ2v) is 5.58. The molecule has 0 unspecified atom stereocenters. The fourth-order valence-electron chi connectivity index (χ4n) is 1.88. The Morgan fingerprint density at radius 2 is 2.32 bits per heavy atom. The van der Waals surface area contributed by atoms with Gasteiger partial charge in [0.15, 0.2) is 0 Å². The first kappa shape index (κ1) is 13.5. The topological polar surface area (TPSA) is 73.0 Å². The van der Waals surface area contributed by atoms with Crippen LogP contribution in [0.3, 0.4) is 0 Å². The molecule has 0 saturated heterocycles. The minimum absolute atomic E-state index is 0.0175. The summed E-state index contributed by atoms with van der Waals surface area (Å²) in [6.45, 7) is 4.37. The number of aromatic nitrogens is 2. The third-order valence-corrected chi connectivity index (χ3v) is 3.66. The van der Waals surface area contributed by atoms with Crippen LogP contribution in [-0.4, -0.2) is 14.7 Å². The van der Waals surface area contributed by atoms with Gasteiger partial charge in [-0.25, -0.2) is 4.68 Å². The van der Waals surface area contributed by atoms with E-state index >= 15 is 0 Å². The first-order valence-electron chi connectivity index (χ1n) is 5.98. The molecule has 0 aliphatic heterocycles. The van der Waals surface area contributed by atoms with Crippen LogP contribution in [-0.2, 0) is 13.6 Å². The number of anilines is 1. The van der Waals surface area contributed by atoms with Crippen molar-refractivity contribution >= 4 is 22.8 Å². The van der Waals surface area contributed by atoms with Crippen LogP contribution in [0.15, 0.2) is 17.5 Å². The molecule has 2 heterocycles. The number of nitro groups is 1. The lowest BCUT2D eigenvalue weighted by Gasteiger charge is -2.04. The molecule has 0 spiro atoms. The Morgan fingerprint density at radius 3 is 2.84 bits per heavy atom. The molecule has 102 valence electrons. The first-order chi connectivity index (χ1) is 9.00. The highest BCUT2D eigenvalue weighted by Gasteiger charge is 2.28. The average Bonchev–Trinajstić information content (AvgIpc) is 2.93. The molecule has 6 nitrogen and oxygen atoms in total. The van der Waals surface area contributed by atoms with Gasteiger partial charge < -0.3 is 5.32 Å². The maximum atomic E-state index is 11.2. The smallest absolute Gasteiger partial charge is 0.334 e. The lowest BCUT2D eigenvalue weighted by molar-refractivity contribution is -0.384. The summed E-state index contributed by atoms with van der Waals surface area (Å²) >= 11 is 1.61. The Labute approximate surface area is 115 Å². The predicted molar refractivity (Wildman–Crippen MR) is 75.6 cm³/mol. The summed E-state index contributed by atoms with van der Waals surface area (Å²) in [7, 11) is 1.72. The number of hydrogen-bond donors (Lipinski definition) is 1. The minimum atomic E-state index is -0.362. The molecule has 0 radical (unpaired) electrons. The molecule has 19 heavy (non-hydrogen) atoms. The summed E-state index contributed by atoms with van der Waals surface area (Å²) in [6.07, 6.45) is 0. The lowest BCUT2D eigenvalue weighted by Crippen LogP contribution is -2.05. The highest BCUT2D eigenvalue weighted by atomic mass is 32.1. The van der Waals surface area contributed by atoms with E-state index in [-0.39, 0.29) is 16.5 Å². The molecule has 0 saturated carbocycles. The van der Waals surface area contributed by atoms with Crippen molar-refractivity contribution in [2.75, 3.05) is 5.32 Å². The second-order valence-electron chi connectivity index (χ2n) is 4.55. The van der Waals surface area contributed by atoms with Gasteiger partial charge in [0.05, 0.1) is 11.5 Å². The summed E-state index contributed by atoms with van der Waals surface area (Å²) in [6, 6.07) is 3.95. The van der Waals surface area contributed by atoms with Crippen molar-refractivity contribution in [2.45, 2.75) is 26.3 Å². The van der Waals surface area contributed by atoms with Gasteiger partial charge in [0.2, 0.25) is 5.82 Å². The minimum Gasteiger partial charge on any atom is -0.360 e. The largest absolute Gasteiger partial charge is 0.360 e. The van der Waals surface area contributed by atoms with Crippen molar-refractivity contribution in [1.29, 1.82) is 0 Å². The monoisotopic (exact) mass is 280 g/mol. The zero-order chi connectivity index (χ0) is 14.0. The van der Waals surface area contributed by atoms with Crippen LogP contribution in [0.1, 0.15) is 30.3 Å². The van der Waals surface area contributed by atoms with E-state index in [0.29, 0.717) is 18.1 Å². The number of thiophene rings is 1. The van der Waals surface area contributed by atoms with Crippen molar-refractivity contribution in [1.82, 2.24) is 9.78 Å². The quantitative estimate of drug-likeness (QED) is 0.674. The van der Waals surface area contributed by atoms with E-state index in [1.807, 2.05) is 31.4 Å². The van der Waals surface area contributed by atoms with Crippen LogP contribution in [0.2, 0.25) is 0 Å². The van der Waals surface area contributed by atoms with Crippen molar-refractivity contribution in [3.63, 3.8) is 0 Å². The summed E-state index contributed by atoms with van der Waals surface area (Å²) < 4.78 is 1.54. The maximum absolute atomic E-state index is 11.2. The van der Waals surface area contributed by atoms with Gasteiger partial charge in [-0.2, -0.15) is 5.10 Å². The number of rotatable bonds is 5. The van der Waals surface area contributed by atoms with Crippen molar-refractivity contribution in [3.8, 4) is 0 Å². The standard InChI is InChI=1S/C12H16N4O2S/c1-8(2)10-11(16(17)18)12(15(3)14-10)13-7-9-5-4-6-19-9/h4-6,8,13H,7H2,1-3H3. The Kier molecular flexibility index (Phi) is 3.84. The maximum Gasteiger partial charge on any atom is 0.334 e. The van der Waals surface area contributed by atoms with Gasteiger partial charge in [-0.05, 0) is 11.4 Å². The normalized spacial score (nSPS) is 10.9. The zero-order valence-electron chi connectivity index (χ0n) is 11.1. The first-order valence-corrected chi connectivity index (χ1v) is 6.86. The number of aryl methyl sites for hydroxylation is 1. The van der Waals surface area contributed by atoms with Gasteiger partial charge in [-0.15, -0.1) is 11.3 Å². The highest BCUT2D eigenvalue weighted by molar-refractivity contribution is 7.09. The molecular formula is C12H16N4O2S. The lowest BCUT2D eigenvalue weighted by atomic mass is 10.1. The molecule has 2 aromatic rings.